The van der Waals surface area contributed by atoms with Crippen LogP contribution in [0.5, 0.6) is 0 Å². The summed E-state index contributed by atoms with van der Waals surface area (Å²) in [6, 6.07) is 39.3. The van der Waals surface area contributed by atoms with Gasteiger partial charge in [0.1, 0.15) is 0 Å². The van der Waals surface area contributed by atoms with Gasteiger partial charge in [-0.25, -0.2) is 4.85 Å². The van der Waals surface area contributed by atoms with Crippen LogP contribution in [0, 0.1) is 17.9 Å². The molecular weight excluding hydrogens is 477 g/mol. The zero-order chi connectivity index (χ0) is 24.5. The molecular formula is C31H20N3PS. The fourth-order valence-electron chi connectivity index (χ4n) is 4.95. The summed E-state index contributed by atoms with van der Waals surface area (Å²) >= 11 is 1.74. The summed E-state index contributed by atoms with van der Waals surface area (Å²) in [5.41, 5.74) is 3.55. The Balaban J connectivity index is 1.70. The highest BCUT2D eigenvalue weighted by molar-refractivity contribution is 7.99. The number of anilines is 2. The van der Waals surface area contributed by atoms with Crippen LogP contribution in [0.3, 0.4) is 0 Å². The third-order valence-corrected chi connectivity index (χ3v) is 11.6. The number of nitrogens with zero attached hydrogens (tertiary/aromatic N) is 3. The van der Waals surface area contributed by atoms with Gasteiger partial charge in [-0.05, 0) is 47.0 Å². The minimum absolute atomic E-state index is 0.613. The molecule has 0 saturated heterocycles. The molecule has 6 rings (SSSR count). The molecule has 170 valence electrons. The fourth-order valence-corrected chi connectivity index (χ4v) is 9.83. The summed E-state index contributed by atoms with van der Waals surface area (Å²) in [5.74, 6) is 0. The van der Waals surface area contributed by atoms with Gasteiger partial charge in [0.15, 0.2) is 5.42 Å². The van der Waals surface area contributed by atoms with Gasteiger partial charge in [-0.3, -0.25) is 0 Å². The lowest BCUT2D eigenvalue weighted by atomic mass is 10.1. The van der Waals surface area contributed by atoms with Crippen molar-refractivity contribution in [2.45, 2.75) is 9.79 Å². The van der Waals surface area contributed by atoms with Crippen LogP contribution in [0.15, 0.2) is 142 Å². The molecule has 0 N–H and O–H groups in total. The number of allylic oxidation sites excluding steroid dienone is 2. The molecule has 0 amide bonds. The van der Waals surface area contributed by atoms with Crippen LogP contribution >= 0.6 is 18.6 Å². The topological polar surface area (TPSA) is 31.4 Å². The Labute approximate surface area is 215 Å². The second kappa shape index (κ2) is 9.10. The summed E-state index contributed by atoms with van der Waals surface area (Å²) in [4.78, 5) is 8.60. The first-order valence-corrected chi connectivity index (χ1v) is 14.1. The van der Waals surface area contributed by atoms with Crippen molar-refractivity contribution in [1.82, 2.24) is 0 Å². The van der Waals surface area contributed by atoms with Gasteiger partial charge >= 0.3 is 0 Å². The highest BCUT2D eigenvalue weighted by Gasteiger charge is 2.36. The number of benzene rings is 4. The molecule has 2 aliphatic heterocycles. The summed E-state index contributed by atoms with van der Waals surface area (Å²) < 4.78 is 0. The van der Waals surface area contributed by atoms with Gasteiger partial charge in [-0.15, -0.1) is 0 Å². The van der Waals surface area contributed by atoms with E-state index in [9.17, 15) is 5.26 Å². The molecule has 0 atom stereocenters. The number of rotatable bonds is 3. The van der Waals surface area contributed by atoms with E-state index in [-0.39, 0.29) is 0 Å². The summed E-state index contributed by atoms with van der Waals surface area (Å²) in [6.07, 6.45) is 4.01. The summed E-state index contributed by atoms with van der Waals surface area (Å²) in [6.45, 7) is 5.70. The maximum Gasteiger partial charge on any atom is 0.197 e. The van der Waals surface area contributed by atoms with Crippen LogP contribution in [0.4, 0.5) is 11.4 Å². The van der Waals surface area contributed by atoms with E-state index in [1.807, 2.05) is 72.8 Å². The Hall–Kier alpha value is -4.21. The van der Waals surface area contributed by atoms with Gasteiger partial charge < -0.3 is 4.90 Å². The van der Waals surface area contributed by atoms with E-state index in [0.717, 1.165) is 37.5 Å². The Morgan fingerprint density at radius 1 is 0.694 bits per heavy atom. The van der Waals surface area contributed by atoms with E-state index in [4.69, 9.17) is 6.57 Å². The molecule has 0 fully saturated rings. The lowest BCUT2D eigenvalue weighted by Crippen LogP contribution is -2.27. The van der Waals surface area contributed by atoms with E-state index in [1.54, 1.807) is 11.8 Å². The maximum absolute atomic E-state index is 10.6. The monoisotopic (exact) mass is 497 g/mol. The highest BCUT2D eigenvalue weighted by Crippen LogP contribution is 2.58. The van der Waals surface area contributed by atoms with Crippen LogP contribution in [0.1, 0.15) is 0 Å². The summed E-state index contributed by atoms with van der Waals surface area (Å²) in [7, 11) is 0. The number of hydrogen-bond donors (Lipinski definition) is 0. The standard InChI is InChI=1S/C31H20N3PS/c1-33-31-21-23(34-27-16-8-10-18-29(27)36-30-19-11-9-17-28(30)34)20-26(22-32)35(31,24-12-4-2-5-13-24)25-14-6-3-7-15-25/h2-21H. The summed E-state index contributed by atoms with van der Waals surface area (Å²) in [5, 5.41) is 13.3. The predicted octanol–water partition coefficient (Wildman–Crippen LogP) is 7.31. The number of nitriles is 1. The molecule has 3 nitrogen and oxygen atoms in total. The minimum atomic E-state index is -2.62. The fraction of sp³-hybridized carbons (Fsp3) is 0. The van der Waals surface area contributed by atoms with Crippen molar-refractivity contribution in [1.29, 1.82) is 5.26 Å². The van der Waals surface area contributed by atoms with Crippen molar-refractivity contribution in [3.63, 3.8) is 0 Å². The number of para-hydroxylation sites is 2. The van der Waals surface area contributed by atoms with Crippen molar-refractivity contribution in [2.24, 2.45) is 0 Å². The van der Waals surface area contributed by atoms with Gasteiger partial charge in [0, 0.05) is 22.4 Å². The van der Waals surface area contributed by atoms with E-state index < -0.39 is 6.89 Å². The third-order valence-electron chi connectivity index (χ3n) is 6.47. The minimum Gasteiger partial charge on any atom is -0.309 e. The Kier molecular flexibility index (Phi) is 5.63. The molecule has 2 heterocycles. The average molecular weight is 498 g/mol. The average Bonchev–Trinajstić information content (AvgIpc) is 2.96. The Bertz CT molecular complexity index is 1600. The third kappa shape index (κ3) is 3.35. The van der Waals surface area contributed by atoms with Crippen LogP contribution in [0.25, 0.3) is 4.85 Å². The molecule has 4 aromatic carbocycles. The van der Waals surface area contributed by atoms with E-state index >= 15 is 0 Å². The maximum atomic E-state index is 10.6. The van der Waals surface area contributed by atoms with Crippen LogP contribution in [-0.2, 0) is 0 Å². The van der Waals surface area contributed by atoms with Crippen LogP contribution in [-0.4, -0.2) is 5.42 Å². The van der Waals surface area contributed by atoms with E-state index in [0.29, 0.717) is 10.7 Å². The normalized spacial score (nSPS) is 15.5. The molecule has 0 saturated carbocycles. The van der Waals surface area contributed by atoms with Crippen molar-refractivity contribution >= 4 is 46.0 Å². The van der Waals surface area contributed by atoms with Gasteiger partial charge in [-0.1, -0.05) is 96.7 Å². The first kappa shape index (κ1) is 22.3. The molecule has 5 heteroatoms. The molecule has 0 spiro atoms. The predicted molar refractivity (Wildman–Crippen MR) is 152 cm³/mol. The zero-order valence-electron chi connectivity index (χ0n) is 19.2. The van der Waals surface area contributed by atoms with Gasteiger partial charge in [-0.2, -0.15) is 5.26 Å². The largest absolute Gasteiger partial charge is 0.309 e. The molecule has 0 aliphatic carbocycles. The molecule has 2 aliphatic rings. The zero-order valence-corrected chi connectivity index (χ0v) is 21.0. The lowest BCUT2D eigenvalue weighted by molar-refractivity contribution is 1.12. The van der Waals surface area contributed by atoms with Crippen LogP contribution < -0.4 is 15.5 Å². The number of fused-ring (bicyclic) bond motifs is 2. The first-order chi connectivity index (χ1) is 17.8. The van der Waals surface area contributed by atoms with Crippen molar-refractivity contribution < 1.29 is 0 Å². The Morgan fingerprint density at radius 2 is 1.19 bits per heavy atom. The van der Waals surface area contributed by atoms with Crippen molar-refractivity contribution in [3.8, 4) is 6.07 Å². The highest BCUT2D eigenvalue weighted by atomic mass is 32.2. The van der Waals surface area contributed by atoms with Gasteiger partial charge in [0.05, 0.1) is 29.3 Å². The molecule has 4 aromatic rings. The van der Waals surface area contributed by atoms with Gasteiger partial charge in [0.25, 0.3) is 0 Å². The van der Waals surface area contributed by atoms with Crippen molar-refractivity contribution in [3.05, 3.63) is 144 Å². The second-order valence-corrected chi connectivity index (χ2v) is 12.8. The molecule has 0 radical (unpaired) electrons. The van der Waals surface area contributed by atoms with E-state index in [1.165, 1.54) is 0 Å². The molecule has 0 bridgehead atoms. The van der Waals surface area contributed by atoms with Crippen molar-refractivity contribution in [2.75, 3.05) is 4.90 Å². The Morgan fingerprint density at radius 3 is 1.69 bits per heavy atom. The first-order valence-electron chi connectivity index (χ1n) is 11.5. The second-order valence-electron chi connectivity index (χ2n) is 8.40. The SMILES string of the molecule is [C-]#[N+]C1=P(c2ccccc2)(c2ccccc2)C(C#N)=CC(N2c3ccccc3Sc3ccccc32)=C1. The molecule has 36 heavy (non-hydrogen) atoms. The number of hydrogen-bond acceptors (Lipinski definition) is 3. The lowest BCUT2D eigenvalue weighted by Gasteiger charge is -2.37. The smallest absolute Gasteiger partial charge is 0.197 e. The van der Waals surface area contributed by atoms with Crippen LogP contribution in [0.2, 0.25) is 0 Å². The quantitative estimate of drug-likeness (QED) is 0.220. The van der Waals surface area contributed by atoms with Gasteiger partial charge in [0.2, 0.25) is 0 Å². The van der Waals surface area contributed by atoms with E-state index in [2.05, 4.69) is 64.3 Å². The molecule has 0 aromatic heterocycles. The molecule has 0 unspecified atom stereocenters.